The second-order valence-corrected chi connectivity index (χ2v) is 2.32. The summed E-state index contributed by atoms with van der Waals surface area (Å²) in [6.07, 6.45) is 1.15. The highest BCUT2D eigenvalue weighted by atomic mass is 16.7. The number of esters is 1. The van der Waals surface area contributed by atoms with Crippen molar-refractivity contribution in [3.63, 3.8) is 0 Å². The topological polar surface area (TPSA) is 89.6 Å². The van der Waals surface area contributed by atoms with E-state index >= 15 is 0 Å². The predicted molar refractivity (Wildman–Crippen MR) is 41.6 cm³/mol. The molecule has 0 unspecified atom stereocenters. The third-order valence-electron chi connectivity index (χ3n) is 1.28. The summed E-state index contributed by atoms with van der Waals surface area (Å²) in [7, 11) is 0. The van der Waals surface area contributed by atoms with Gasteiger partial charge in [0.1, 0.15) is 0 Å². The van der Waals surface area contributed by atoms with Crippen molar-refractivity contribution in [3.8, 4) is 0 Å². The first-order valence-electron chi connectivity index (χ1n) is 4.19. The maximum absolute atomic E-state index is 10.7. The summed E-state index contributed by atoms with van der Waals surface area (Å²) in [5, 5.41) is 3.40. The summed E-state index contributed by atoms with van der Waals surface area (Å²) in [5.41, 5.74) is 5.23. The molecule has 0 saturated heterocycles. The quantitative estimate of drug-likeness (QED) is 0.366. The second kappa shape index (κ2) is 6.60. The van der Waals surface area contributed by atoms with Gasteiger partial charge in [0, 0.05) is 6.42 Å². The Balaban J connectivity index is 3.35. The molecule has 5 nitrogen and oxygen atoms in total. The van der Waals surface area contributed by atoms with Gasteiger partial charge >= 0.3 is 13.6 Å². The number of carboxylic acid groups (broad SMARTS) is 1. The third kappa shape index (κ3) is 7.01. The summed E-state index contributed by atoms with van der Waals surface area (Å²) >= 11 is 0. The third-order valence-corrected chi connectivity index (χ3v) is 1.28. The molecule has 3 N–H and O–H groups in total. The molecule has 0 saturated carbocycles. The fourth-order valence-corrected chi connectivity index (χ4v) is 0.734. The molecule has 5 heteroatoms. The number of rotatable bonds is 5. The van der Waals surface area contributed by atoms with Crippen molar-refractivity contribution in [2.24, 2.45) is 5.73 Å². The van der Waals surface area contributed by atoms with Crippen LogP contribution in [-0.2, 0) is 9.53 Å². The van der Waals surface area contributed by atoms with Gasteiger partial charge < -0.3 is 15.6 Å². The van der Waals surface area contributed by atoms with Gasteiger partial charge in [-0.1, -0.05) is 6.42 Å². The molecule has 0 aromatic rings. The zero-order valence-electron chi connectivity index (χ0n) is 7.75. The van der Waals surface area contributed by atoms with Crippen molar-refractivity contribution in [1.82, 2.24) is 0 Å². The van der Waals surface area contributed by atoms with Crippen LogP contribution in [0.4, 0.5) is 4.79 Å². The molecule has 0 heterocycles. The lowest BCUT2D eigenvalue weighted by molar-refractivity contribution is -0.139. The second-order valence-electron chi connectivity index (χ2n) is 2.32. The lowest BCUT2D eigenvalue weighted by Crippen LogP contribution is -2.09. The van der Waals surface area contributed by atoms with Gasteiger partial charge in [0.2, 0.25) is 0 Å². The van der Waals surface area contributed by atoms with Crippen LogP contribution in [0.25, 0.3) is 1.43 Å². The molecule has 0 aromatic carbocycles. The number of unbranched alkanes of at least 4 members (excludes halogenated alkanes) is 2. The first-order chi connectivity index (χ1) is 6.20. The molecule has 0 atom stereocenters. The van der Waals surface area contributed by atoms with Crippen molar-refractivity contribution in [2.45, 2.75) is 25.7 Å². The van der Waals surface area contributed by atoms with Gasteiger partial charge in [0.15, 0.2) is 0 Å². The summed E-state index contributed by atoms with van der Waals surface area (Å²) in [4.78, 5) is 21.0. The van der Waals surface area contributed by atoms with E-state index in [4.69, 9.17) is 7.16 Å². The molecule has 12 heavy (non-hydrogen) atoms. The average molecular weight is 176 g/mol. The first-order valence-corrected chi connectivity index (χ1v) is 3.78. The fraction of sp³-hybridized carbons (Fsp3) is 0.714. The Labute approximate surface area is 72.0 Å². The highest BCUT2D eigenvalue weighted by Gasteiger charge is 2.06. The van der Waals surface area contributed by atoms with Crippen LogP contribution in [0.3, 0.4) is 0 Å². The van der Waals surface area contributed by atoms with Gasteiger partial charge in [-0.25, -0.2) is 4.79 Å². The molecule has 0 radical (unpaired) electrons. The van der Waals surface area contributed by atoms with Gasteiger partial charge in [-0.2, -0.15) is 0 Å². The van der Waals surface area contributed by atoms with E-state index in [2.05, 4.69) is 9.85 Å². The molecule has 70 valence electrons. The van der Waals surface area contributed by atoms with E-state index in [-0.39, 0.29) is 6.42 Å². The van der Waals surface area contributed by atoms with Crippen molar-refractivity contribution >= 4 is 12.1 Å². The minimum atomic E-state index is -1.29. The van der Waals surface area contributed by atoms with Crippen LogP contribution in [0, 0.1) is 0 Å². The van der Waals surface area contributed by atoms with Crippen LogP contribution in [0.2, 0.25) is 0 Å². The van der Waals surface area contributed by atoms with E-state index in [9.17, 15) is 9.59 Å². The number of hydrogen-bond acceptors (Lipinski definition) is 5. The van der Waals surface area contributed by atoms with E-state index in [1.807, 2.05) is 0 Å². The normalized spacial score (nSPS) is 10.2. The van der Waals surface area contributed by atoms with E-state index < -0.39 is 12.1 Å². The number of carbonyl (C=O) groups is 2. The van der Waals surface area contributed by atoms with Crippen molar-refractivity contribution < 1.29 is 19.4 Å². The summed E-state index contributed by atoms with van der Waals surface area (Å²) < 4.78 is 10.2. The number of hydrogen-bond donors (Lipinski definition) is 2. The number of nitrogens with two attached hydrogens (primary N) is 1. The van der Waals surface area contributed by atoms with E-state index in [1.54, 1.807) is 0 Å². The largest absolute Gasteiger partial charge is 0.513 e. The van der Waals surface area contributed by atoms with Gasteiger partial charge in [-0.3, -0.25) is 4.79 Å². The van der Waals surface area contributed by atoms with Crippen LogP contribution >= 0.6 is 0 Å². The van der Waals surface area contributed by atoms with Crippen LogP contribution in [-0.4, -0.2) is 23.8 Å². The molecule has 0 aliphatic carbocycles. The Kier molecular flexibility index (Phi) is 4.95. The van der Waals surface area contributed by atoms with Crippen LogP contribution in [0.5, 0.6) is 0 Å². The first kappa shape index (κ1) is 8.99. The maximum Gasteiger partial charge on any atom is 0.513 e. The van der Waals surface area contributed by atoms with Crippen molar-refractivity contribution in [1.29, 1.82) is 1.43 Å². The lowest BCUT2D eigenvalue weighted by Gasteiger charge is -1.97. The Morgan fingerprint density at radius 3 is 2.75 bits per heavy atom. The molecule has 0 bridgehead atoms. The monoisotopic (exact) mass is 176 g/mol. The highest BCUT2D eigenvalue weighted by molar-refractivity contribution is 5.80. The Bertz CT molecular complexity index is 174. The van der Waals surface area contributed by atoms with Gasteiger partial charge in [-0.15, -0.1) is 0 Å². The summed E-state index contributed by atoms with van der Waals surface area (Å²) in [6, 6.07) is 0. The highest BCUT2D eigenvalue weighted by Crippen LogP contribution is 2.00. The summed E-state index contributed by atoms with van der Waals surface area (Å²) in [6.45, 7) is 0.587. The average Bonchev–Trinajstić information content (AvgIpc) is 2.12. The molecular formula is C7H13NO4. The molecule has 0 aromatic heterocycles. The minimum absolute atomic E-state index is 0.148. The van der Waals surface area contributed by atoms with Crippen molar-refractivity contribution in [2.75, 3.05) is 6.54 Å². The Morgan fingerprint density at radius 2 is 2.17 bits per heavy atom. The van der Waals surface area contributed by atoms with E-state index in [0.717, 1.165) is 12.8 Å². The van der Waals surface area contributed by atoms with Crippen LogP contribution in [0.15, 0.2) is 0 Å². The molecule has 0 aliphatic heterocycles. The van der Waals surface area contributed by atoms with Gasteiger partial charge in [0.05, 0.1) is 0 Å². The standard InChI is InChI=1S/C7H13NO4/c8-5-3-1-2-4-6(9)12-7(10)11/h1-5,8H2,(H,10,11)/i/hD. The van der Waals surface area contributed by atoms with E-state index in [0.29, 0.717) is 13.0 Å². The SMILES string of the molecule is [2H]OC(=O)OC(=O)CCCCCN. The summed E-state index contributed by atoms with van der Waals surface area (Å²) in [5.74, 6) is -0.672. The van der Waals surface area contributed by atoms with Crippen LogP contribution < -0.4 is 5.73 Å². The molecule has 0 aliphatic rings. The van der Waals surface area contributed by atoms with Crippen LogP contribution in [0.1, 0.15) is 25.7 Å². The zero-order valence-corrected chi connectivity index (χ0v) is 6.75. The number of ether oxygens (including phenoxy) is 1. The van der Waals surface area contributed by atoms with Gasteiger partial charge in [0.25, 0.3) is 0 Å². The maximum atomic E-state index is 10.7. The Morgan fingerprint density at radius 1 is 1.42 bits per heavy atom. The van der Waals surface area contributed by atoms with Crippen molar-refractivity contribution in [3.05, 3.63) is 0 Å². The fourth-order valence-electron chi connectivity index (χ4n) is 0.734. The number of carbonyl (C=O) groups excluding carboxylic acids is 1. The molecular weight excluding hydrogens is 162 g/mol. The molecule has 0 fully saturated rings. The zero-order chi connectivity index (χ0) is 10.1. The van der Waals surface area contributed by atoms with Gasteiger partial charge in [-0.05, 0) is 19.4 Å². The smallest absolute Gasteiger partial charge is 0.449 e. The predicted octanol–water partition coefficient (Wildman–Crippen LogP) is 0.727. The minimum Gasteiger partial charge on any atom is -0.449 e. The molecule has 0 amide bonds. The van der Waals surface area contributed by atoms with E-state index in [1.165, 1.54) is 0 Å². The molecule has 0 spiro atoms. The Hall–Kier alpha value is -1.10. The lowest BCUT2D eigenvalue weighted by atomic mass is 10.2. The molecule has 0 rings (SSSR count).